The van der Waals surface area contributed by atoms with Crippen LogP contribution < -0.4 is 10.1 Å². The highest BCUT2D eigenvalue weighted by Crippen LogP contribution is 2.35. The highest BCUT2D eigenvalue weighted by molar-refractivity contribution is 8.13. The number of benzene rings is 3. The average molecular weight is 517 g/mol. The number of para-hydroxylation sites is 2. The average Bonchev–Trinajstić information content (AvgIpc) is 3.26. The van der Waals surface area contributed by atoms with Crippen LogP contribution in [-0.4, -0.2) is 40.9 Å². The van der Waals surface area contributed by atoms with Crippen LogP contribution in [0.5, 0.6) is 5.75 Å². The molecule has 9 heteroatoms. The first-order valence-electron chi connectivity index (χ1n) is 11.9. The Hall–Kier alpha value is -3.98. The van der Waals surface area contributed by atoms with Gasteiger partial charge in [0, 0.05) is 29.8 Å². The number of amides is 2. The van der Waals surface area contributed by atoms with Gasteiger partial charge in [-0.25, -0.2) is 14.3 Å². The van der Waals surface area contributed by atoms with Crippen LogP contribution in [0.1, 0.15) is 29.5 Å². The van der Waals surface area contributed by atoms with Crippen molar-refractivity contribution in [1.29, 1.82) is 0 Å². The summed E-state index contributed by atoms with van der Waals surface area (Å²) in [5.74, 6) is 1.12. The monoisotopic (exact) mass is 516 g/mol. The number of hydrogen-bond acceptors (Lipinski definition) is 6. The van der Waals surface area contributed by atoms with Crippen LogP contribution in [0.2, 0.25) is 0 Å². The van der Waals surface area contributed by atoms with Crippen molar-refractivity contribution in [3.63, 3.8) is 0 Å². The molecule has 2 amide bonds. The lowest BCUT2D eigenvalue weighted by Crippen LogP contribution is -2.41. The first-order chi connectivity index (χ1) is 18.0. The minimum Gasteiger partial charge on any atom is -0.496 e. The molecule has 3 aromatic carbocycles. The number of amidine groups is 2. The van der Waals surface area contributed by atoms with Crippen LogP contribution in [0.3, 0.4) is 0 Å². The Morgan fingerprint density at radius 2 is 1.84 bits per heavy atom. The molecule has 1 N–H and O–H groups in total. The standard InChI is InChI=1S/C28H25FN4O3S/c1-36-24-9-5-2-6-19(24)16-30-25(34)15-14-23-27(35)33-26(31-23)21-7-3-4-8-22(21)32-28(33)37-17-18-10-12-20(29)13-11-18/h2-13,23H,14-17H2,1H3,(H,30,34). The van der Waals surface area contributed by atoms with Crippen LogP contribution in [0, 0.1) is 5.82 Å². The van der Waals surface area contributed by atoms with Gasteiger partial charge in [0.25, 0.3) is 5.91 Å². The normalized spacial score (nSPS) is 16.0. The molecule has 2 heterocycles. The number of aliphatic imine (C=N–C) groups is 2. The molecule has 0 fully saturated rings. The Morgan fingerprint density at radius 3 is 2.65 bits per heavy atom. The van der Waals surface area contributed by atoms with E-state index in [0.717, 1.165) is 22.4 Å². The van der Waals surface area contributed by atoms with Crippen LogP contribution in [-0.2, 0) is 21.9 Å². The lowest BCUT2D eigenvalue weighted by molar-refractivity contribution is -0.125. The summed E-state index contributed by atoms with van der Waals surface area (Å²) in [5, 5.41) is 3.42. The van der Waals surface area contributed by atoms with Crippen molar-refractivity contribution >= 4 is 40.3 Å². The fraction of sp³-hybridized carbons (Fsp3) is 0.214. The van der Waals surface area contributed by atoms with E-state index in [-0.39, 0.29) is 30.5 Å². The van der Waals surface area contributed by atoms with Gasteiger partial charge in [0.2, 0.25) is 5.91 Å². The van der Waals surface area contributed by atoms with E-state index in [1.54, 1.807) is 24.1 Å². The molecule has 0 spiro atoms. The molecule has 5 rings (SSSR count). The van der Waals surface area contributed by atoms with Gasteiger partial charge in [0.1, 0.15) is 23.4 Å². The zero-order valence-electron chi connectivity index (χ0n) is 20.2. The predicted molar refractivity (Wildman–Crippen MR) is 142 cm³/mol. The number of halogens is 1. The van der Waals surface area contributed by atoms with Crippen molar-refractivity contribution in [3.05, 3.63) is 95.3 Å². The second kappa shape index (κ2) is 11.0. The van der Waals surface area contributed by atoms with E-state index in [1.807, 2.05) is 48.5 Å². The van der Waals surface area contributed by atoms with Crippen molar-refractivity contribution in [2.24, 2.45) is 9.98 Å². The first kappa shape index (κ1) is 24.7. The number of rotatable bonds is 8. The third-order valence-electron chi connectivity index (χ3n) is 6.14. The quantitative estimate of drug-likeness (QED) is 0.465. The summed E-state index contributed by atoms with van der Waals surface area (Å²) in [6.45, 7) is 0.340. The smallest absolute Gasteiger partial charge is 0.259 e. The van der Waals surface area contributed by atoms with Gasteiger partial charge >= 0.3 is 0 Å². The minimum atomic E-state index is -0.671. The van der Waals surface area contributed by atoms with Crippen LogP contribution in [0.15, 0.2) is 82.8 Å². The fourth-order valence-electron chi connectivity index (χ4n) is 4.21. The second-order valence-electron chi connectivity index (χ2n) is 8.60. The summed E-state index contributed by atoms with van der Waals surface area (Å²) in [6.07, 6.45) is 0.446. The molecule has 188 valence electrons. The second-order valence-corrected chi connectivity index (χ2v) is 9.54. The molecular formula is C28H25FN4O3S. The first-order valence-corrected chi connectivity index (χ1v) is 12.9. The molecule has 2 aliphatic rings. The molecule has 2 aliphatic heterocycles. The topological polar surface area (TPSA) is 83.4 Å². The van der Waals surface area contributed by atoms with E-state index < -0.39 is 6.04 Å². The molecule has 0 saturated heterocycles. The molecule has 7 nitrogen and oxygen atoms in total. The van der Waals surface area contributed by atoms with Gasteiger partial charge in [-0.3, -0.25) is 14.6 Å². The van der Waals surface area contributed by atoms with Gasteiger partial charge in [-0.2, -0.15) is 0 Å². The third kappa shape index (κ3) is 5.41. The van der Waals surface area contributed by atoms with E-state index in [4.69, 9.17) is 14.7 Å². The van der Waals surface area contributed by atoms with Crippen molar-refractivity contribution in [3.8, 4) is 5.75 Å². The van der Waals surface area contributed by atoms with Crippen LogP contribution >= 0.6 is 11.8 Å². The molecule has 1 atom stereocenters. The minimum absolute atomic E-state index is 0.160. The van der Waals surface area contributed by atoms with Gasteiger partial charge in [0.05, 0.1) is 12.8 Å². The number of methoxy groups -OCH3 is 1. The van der Waals surface area contributed by atoms with Crippen molar-refractivity contribution in [2.75, 3.05) is 7.11 Å². The molecule has 0 saturated carbocycles. The highest BCUT2D eigenvalue weighted by Gasteiger charge is 2.41. The zero-order chi connectivity index (χ0) is 25.8. The van der Waals surface area contributed by atoms with Crippen LogP contribution in [0.4, 0.5) is 10.1 Å². The van der Waals surface area contributed by atoms with Gasteiger partial charge < -0.3 is 10.1 Å². The molecular weight excluding hydrogens is 491 g/mol. The summed E-state index contributed by atoms with van der Waals surface area (Å²) >= 11 is 1.40. The molecule has 0 aliphatic carbocycles. The Morgan fingerprint density at radius 1 is 1.08 bits per heavy atom. The number of thioether (sulfide) groups is 1. The van der Waals surface area contributed by atoms with E-state index in [2.05, 4.69) is 5.32 Å². The van der Waals surface area contributed by atoms with E-state index >= 15 is 0 Å². The van der Waals surface area contributed by atoms with Crippen molar-refractivity contribution < 1.29 is 18.7 Å². The largest absolute Gasteiger partial charge is 0.496 e. The van der Waals surface area contributed by atoms with Crippen LogP contribution in [0.25, 0.3) is 0 Å². The van der Waals surface area contributed by atoms with E-state index in [9.17, 15) is 14.0 Å². The van der Waals surface area contributed by atoms with Crippen molar-refractivity contribution in [2.45, 2.75) is 31.2 Å². The van der Waals surface area contributed by atoms with Gasteiger partial charge in [-0.1, -0.05) is 54.2 Å². The zero-order valence-corrected chi connectivity index (χ0v) is 21.0. The molecule has 3 aromatic rings. The summed E-state index contributed by atoms with van der Waals surface area (Å²) < 4.78 is 18.6. The lowest BCUT2D eigenvalue weighted by Gasteiger charge is -2.25. The number of nitrogens with zero attached hydrogens (tertiary/aromatic N) is 3. The lowest BCUT2D eigenvalue weighted by atomic mass is 10.1. The Labute approximate surface area is 218 Å². The summed E-state index contributed by atoms with van der Waals surface area (Å²) in [7, 11) is 1.59. The van der Waals surface area contributed by atoms with E-state index in [1.165, 1.54) is 23.9 Å². The number of hydrogen-bond donors (Lipinski definition) is 1. The summed E-state index contributed by atoms with van der Waals surface area (Å²) in [4.78, 5) is 37.0. The van der Waals surface area contributed by atoms with Gasteiger partial charge in [-0.05, 0) is 42.3 Å². The van der Waals surface area contributed by atoms with Crippen molar-refractivity contribution in [1.82, 2.24) is 10.2 Å². The third-order valence-corrected chi connectivity index (χ3v) is 7.15. The number of carbonyl (C=O) groups excluding carboxylic acids is 2. The predicted octanol–water partition coefficient (Wildman–Crippen LogP) is 4.82. The number of carbonyl (C=O) groups is 2. The maximum Gasteiger partial charge on any atom is 0.259 e. The van der Waals surface area contributed by atoms with Gasteiger partial charge in [-0.15, -0.1) is 0 Å². The number of nitrogens with one attached hydrogen (secondary N) is 1. The highest BCUT2D eigenvalue weighted by atomic mass is 32.2. The molecule has 1 unspecified atom stereocenters. The Kier molecular flexibility index (Phi) is 7.32. The maximum atomic E-state index is 13.4. The fourth-order valence-corrected chi connectivity index (χ4v) is 5.17. The molecule has 37 heavy (non-hydrogen) atoms. The van der Waals surface area contributed by atoms with E-state index in [0.29, 0.717) is 29.1 Å². The SMILES string of the molecule is COc1ccccc1CNC(=O)CCC1N=C2c3ccccc3N=C(SCc3ccc(F)cc3)N2C1=O. The summed E-state index contributed by atoms with van der Waals surface area (Å²) in [6, 6.07) is 20.6. The molecule has 0 radical (unpaired) electrons. The van der Waals surface area contributed by atoms with Gasteiger partial charge in [0.15, 0.2) is 5.17 Å². The maximum absolute atomic E-state index is 13.4. The number of ether oxygens (including phenoxy) is 1. The molecule has 0 aromatic heterocycles. The Balaban J connectivity index is 1.27. The molecule has 0 bridgehead atoms. The Bertz CT molecular complexity index is 1390. The number of fused-ring (bicyclic) bond motifs is 3. The summed E-state index contributed by atoms with van der Waals surface area (Å²) in [5.41, 5.74) is 3.32.